The quantitative estimate of drug-likeness (QED) is 0.660. The normalized spacial score (nSPS) is 10.4. The molecule has 1 aromatic carbocycles. The Hall–Kier alpha value is -1.59. The van der Waals surface area contributed by atoms with E-state index in [9.17, 15) is 4.79 Å². The monoisotopic (exact) mass is 295 g/mol. The highest BCUT2D eigenvalue weighted by molar-refractivity contribution is 5.77. The molecule has 0 atom stereocenters. The maximum absolute atomic E-state index is 12.2. The number of nitrogens with zero attached hydrogens (tertiary/aromatic N) is 1. The average Bonchev–Trinajstić information content (AvgIpc) is 2.53. The molecule has 0 aliphatic carbocycles. The van der Waals surface area contributed by atoms with Gasteiger partial charge < -0.3 is 19.1 Å². The Morgan fingerprint density at radius 1 is 1.14 bits per heavy atom. The number of carbonyl (C=O) groups excluding carboxylic acids is 1. The van der Waals surface area contributed by atoms with E-state index in [1.165, 1.54) is 5.56 Å². The fourth-order valence-electron chi connectivity index (χ4n) is 1.86. The number of ether oxygens (including phenoxy) is 3. The van der Waals surface area contributed by atoms with Gasteiger partial charge in [-0.15, -0.1) is 0 Å². The molecule has 0 N–H and O–H groups in total. The molecule has 118 valence electrons. The summed E-state index contributed by atoms with van der Waals surface area (Å²) >= 11 is 0. The third-order valence-electron chi connectivity index (χ3n) is 3.15. The highest BCUT2D eigenvalue weighted by atomic mass is 16.5. The van der Waals surface area contributed by atoms with Crippen molar-refractivity contribution in [1.29, 1.82) is 0 Å². The van der Waals surface area contributed by atoms with Crippen LogP contribution < -0.4 is 4.74 Å². The number of hydrogen-bond acceptors (Lipinski definition) is 4. The lowest BCUT2D eigenvalue weighted by Gasteiger charge is -2.22. The second-order valence-electron chi connectivity index (χ2n) is 4.66. The zero-order valence-corrected chi connectivity index (χ0v) is 13.1. The second kappa shape index (κ2) is 10.2. The molecular weight excluding hydrogens is 270 g/mol. The van der Waals surface area contributed by atoms with Gasteiger partial charge in [0.2, 0.25) is 0 Å². The summed E-state index contributed by atoms with van der Waals surface area (Å²) in [4.78, 5) is 13.9. The minimum atomic E-state index is -0.0639. The van der Waals surface area contributed by atoms with Gasteiger partial charge in [0.05, 0.1) is 13.2 Å². The van der Waals surface area contributed by atoms with E-state index in [1.807, 2.05) is 24.3 Å². The van der Waals surface area contributed by atoms with E-state index < -0.39 is 0 Å². The standard InChI is InChI=1S/C16H25NO4/c1-4-14-6-5-7-15(12-14)21-13-16(18)17(8-10-19-2)9-11-20-3/h5-7,12H,4,8-11,13H2,1-3H3. The summed E-state index contributed by atoms with van der Waals surface area (Å²) in [5.74, 6) is 0.659. The summed E-state index contributed by atoms with van der Waals surface area (Å²) in [6, 6.07) is 7.80. The summed E-state index contributed by atoms with van der Waals surface area (Å²) in [5.41, 5.74) is 1.19. The lowest BCUT2D eigenvalue weighted by atomic mass is 10.2. The molecule has 0 radical (unpaired) electrons. The van der Waals surface area contributed by atoms with Gasteiger partial charge in [0.25, 0.3) is 5.91 Å². The van der Waals surface area contributed by atoms with Crippen LogP contribution >= 0.6 is 0 Å². The molecule has 0 unspecified atom stereocenters. The summed E-state index contributed by atoms with van der Waals surface area (Å²) < 4.78 is 15.6. The first-order valence-electron chi connectivity index (χ1n) is 7.18. The van der Waals surface area contributed by atoms with Crippen LogP contribution in [-0.2, 0) is 20.7 Å². The van der Waals surface area contributed by atoms with Crippen LogP contribution in [0.3, 0.4) is 0 Å². The van der Waals surface area contributed by atoms with Crippen LogP contribution in [0.5, 0.6) is 5.75 Å². The molecule has 0 spiro atoms. The third-order valence-corrected chi connectivity index (χ3v) is 3.15. The predicted molar refractivity (Wildman–Crippen MR) is 81.6 cm³/mol. The molecule has 5 heteroatoms. The number of amides is 1. The van der Waals surface area contributed by atoms with Crippen LogP contribution in [0.4, 0.5) is 0 Å². The maximum atomic E-state index is 12.2. The summed E-state index contributed by atoms with van der Waals surface area (Å²) in [6.45, 7) is 4.19. The molecule has 0 aliphatic heterocycles. The molecule has 1 aromatic rings. The lowest BCUT2D eigenvalue weighted by molar-refractivity contribution is -0.134. The second-order valence-corrected chi connectivity index (χ2v) is 4.66. The third kappa shape index (κ3) is 6.60. The number of hydrogen-bond donors (Lipinski definition) is 0. The van der Waals surface area contributed by atoms with Crippen LogP contribution in [0, 0.1) is 0 Å². The van der Waals surface area contributed by atoms with Crippen LogP contribution in [0.25, 0.3) is 0 Å². The fraction of sp³-hybridized carbons (Fsp3) is 0.562. The SMILES string of the molecule is CCc1cccc(OCC(=O)N(CCOC)CCOC)c1. The molecule has 21 heavy (non-hydrogen) atoms. The van der Waals surface area contributed by atoms with Crippen LogP contribution in [0.15, 0.2) is 24.3 Å². The minimum Gasteiger partial charge on any atom is -0.484 e. The lowest BCUT2D eigenvalue weighted by Crippen LogP contribution is -2.39. The van der Waals surface area contributed by atoms with Gasteiger partial charge in [-0.2, -0.15) is 0 Å². The Bertz CT molecular complexity index is 414. The number of rotatable bonds is 10. The Morgan fingerprint density at radius 2 is 1.81 bits per heavy atom. The number of aryl methyl sites for hydroxylation is 1. The Kier molecular flexibility index (Phi) is 8.47. The molecule has 0 saturated heterocycles. The fourth-order valence-corrected chi connectivity index (χ4v) is 1.86. The van der Waals surface area contributed by atoms with Crippen LogP contribution in [-0.4, -0.2) is 57.9 Å². The molecule has 0 fully saturated rings. The number of carbonyl (C=O) groups is 1. The maximum Gasteiger partial charge on any atom is 0.260 e. The van der Waals surface area contributed by atoms with Gasteiger partial charge in [-0.1, -0.05) is 19.1 Å². The highest BCUT2D eigenvalue weighted by Crippen LogP contribution is 2.13. The van der Waals surface area contributed by atoms with Crippen molar-refractivity contribution in [3.05, 3.63) is 29.8 Å². The molecule has 0 bridgehead atoms. The summed E-state index contributed by atoms with van der Waals surface area (Å²) in [5, 5.41) is 0. The summed E-state index contributed by atoms with van der Waals surface area (Å²) in [7, 11) is 3.23. The zero-order valence-electron chi connectivity index (χ0n) is 13.1. The molecule has 0 heterocycles. The summed E-state index contributed by atoms with van der Waals surface area (Å²) in [6.07, 6.45) is 0.943. The van der Waals surface area contributed by atoms with E-state index in [4.69, 9.17) is 14.2 Å². The molecular formula is C16H25NO4. The van der Waals surface area contributed by atoms with Gasteiger partial charge in [0, 0.05) is 27.3 Å². The van der Waals surface area contributed by atoms with Gasteiger partial charge in [-0.05, 0) is 24.1 Å². The van der Waals surface area contributed by atoms with Crippen molar-refractivity contribution in [2.45, 2.75) is 13.3 Å². The van der Waals surface area contributed by atoms with Crippen molar-refractivity contribution in [2.24, 2.45) is 0 Å². The van der Waals surface area contributed by atoms with Gasteiger partial charge in [0.15, 0.2) is 6.61 Å². The largest absolute Gasteiger partial charge is 0.484 e. The molecule has 1 rings (SSSR count). The molecule has 0 saturated carbocycles. The van der Waals surface area contributed by atoms with Crippen molar-refractivity contribution >= 4 is 5.91 Å². The van der Waals surface area contributed by atoms with Crippen LogP contribution in [0.1, 0.15) is 12.5 Å². The van der Waals surface area contributed by atoms with Gasteiger partial charge >= 0.3 is 0 Å². The Labute approximate surface area is 126 Å². The first-order chi connectivity index (χ1) is 10.2. The zero-order chi connectivity index (χ0) is 15.5. The van der Waals surface area contributed by atoms with Crippen molar-refractivity contribution in [3.8, 4) is 5.75 Å². The van der Waals surface area contributed by atoms with Crippen molar-refractivity contribution < 1.29 is 19.0 Å². The van der Waals surface area contributed by atoms with E-state index in [1.54, 1.807) is 19.1 Å². The number of methoxy groups -OCH3 is 2. The van der Waals surface area contributed by atoms with E-state index in [0.717, 1.165) is 12.2 Å². The molecule has 0 aliphatic rings. The van der Waals surface area contributed by atoms with Crippen molar-refractivity contribution in [3.63, 3.8) is 0 Å². The average molecular weight is 295 g/mol. The van der Waals surface area contributed by atoms with E-state index in [-0.39, 0.29) is 12.5 Å². The minimum absolute atomic E-state index is 0.0284. The predicted octanol–water partition coefficient (Wildman–Crippen LogP) is 1.75. The smallest absolute Gasteiger partial charge is 0.260 e. The first-order valence-corrected chi connectivity index (χ1v) is 7.18. The number of benzene rings is 1. The topological polar surface area (TPSA) is 48.0 Å². The molecule has 5 nitrogen and oxygen atoms in total. The Morgan fingerprint density at radius 3 is 2.38 bits per heavy atom. The van der Waals surface area contributed by atoms with Crippen LogP contribution in [0.2, 0.25) is 0 Å². The van der Waals surface area contributed by atoms with E-state index in [2.05, 4.69) is 6.92 Å². The molecule has 1 amide bonds. The highest BCUT2D eigenvalue weighted by Gasteiger charge is 2.13. The van der Waals surface area contributed by atoms with E-state index in [0.29, 0.717) is 26.3 Å². The Balaban J connectivity index is 2.50. The van der Waals surface area contributed by atoms with Gasteiger partial charge in [-0.25, -0.2) is 0 Å². The van der Waals surface area contributed by atoms with Gasteiger partial charge in [0.1, 0.15) is 5.75 Å². The van der Waals surface area contributed by atoms with Crippen molar-refractivity contribution in [1.82, 2.24) is 4.90 Å². The van der Waals surface area contributed by atoms with Gasteiger partial charge in [-0.3, -0.25) is 4.79 Å². The molecule has 0 aromatic heterocycles. The van der Waals surface area contributed by atoms with Crippen molar-refractivity contribution in [2.75, 3.05) is 47.1 Å². The van der Waals surface area contributed by atoms with E-state index >= 15 is 0 Å². The first kappa shape index (κ1) is 17.5.